The maximum Gasteiger partial charge on any atom is 0.270 e. The van der Waals surface area contributed by atoms with Crippen molar-refractivity contribution in [3.63, 3.8) is 0 Å². The maximum atomic E-state index is 12.7. The number of anilines is 1. The topological polar surface area (TPSA) is 63.5 Å². The number of amides is 1. The molecule has 0 aliphatic carbocycles. The Morgan fingerprint density at radius 1 is 1.17 bits per heavy atom. The summed E-state index contributed by atoms with van der Waals surface area (Å²) in [6.07, 6.45) is 1.81. The van der Waals surface area contributed by atoms with Gasteiger partial charge in [0.2, 0.25) is 0 Å². The van der Waals surface area contributed by atoms with Crippen LogP contribution < -0.4 is 4.90 Å². The normalized spacial score (nSPS) is 16.0. The number of rotatable bonds is 3. The van der Waals surface area contributed by atoms with Crippen LogP contribution in [0.3, 0.4) is 0 Å². The molecule has 3 rings (SSSR count). The molecule has 0 spiro atoms. The van der Waals surface area contributed by atoms with E-state index in [1.165, 1.54) is 40.9 Å². The van der Waals surface area contributed by atoms with Gasteiger partial charge in [-0.1, -0.05) is 42.2 Å². The monoisotopic (exact) mass is 468 g/mol. The molecule has 0 aromatic heterocycles. The van der Waals surface area contributed by atoms with E-state index in [9.17, 15) is 14.9 Å². The van der Waals surface area contributed by atoms with Crippen molar-refractivity contribution in [3.05, 3.63) is 72.7 Å². The van der Waals surface area contributed by atoms with Gasteiger partial charge in [-0.25, -0.2) is 0 Å². The first-order valence-corrected chi connectivity index (χ1v) is 9.04. The van der Waals surface area contributed by atoms with Gasteiger partial charge < -0.3 is 0 Å². The smallest absolute Gasteiger partial charge is 0.268 e. The van der Waals surface area contributed by atoms with Crippen LogP contribution in [-0.4, -0.2) is 15.2 Å². The van der Waals surface area contributed by atoms with Gasteiger partial charge in [-0.3, -0.25) is 19.8 Å². The van der Waals surface area contributed by atoms with E-state index in [-0.39, 0.29) is 11.6 Å². The van der Waals surface area contributed by atoms with E-state index in [0.717, 1.165) is 9.13 Å². The van der Waals surface area contributed by atoms with Gasteiger partial charge in [0.1, 0.15) is 0 Å². The van der Waals surface area contributed by atoms with Crippen LogP contribution in [0.25, 0.3) is 6.08 Å². The van der Waals surface area contributed by atoms with Crippen molar-refractivity contribution in [3.8, 4) is 0 Å². The van der Waals surface area contributed by atoms with Gasteiger partial charge in [0.25, 0.3) is 11.6 Å². The van der Waals surface area contributed by atoms with Crippen molar-refractivity contribution in [2.45, 2.75) is 0 Å². The molecule has 0 N–H and O–H groups in total. The van der Waals surface area contributed by atoms with Crippen LogP contribution in [0.4, 0.5) is 11.4 Å². The Bertz CT molecular complexity index is 881. The van der Waals surface area contributed by atoms with Crippen LogP contribution in [0.1, 0.15) is 5.56 Å². The number of hydrogen-bond donors (Lipinski definition) is 0. The Labute approximate surface area is 161 Å². The predicted octanol–water partition coefficient (Wildman–Crippen LogP) is 4.61. The molecule has 0 saturated carbocycles. The van der Waals surface area contributed by atoms with Crippen LogP contribution >= 0.6 is 46.6 Å². The highest BCUT2D eigenvalue weighted by molar-refractivity contribution is 14.1. The molecule has 8 heteroatoms. The minimum Gasteiger partial charge on any atom is -0.268 e. The molecular weight excluding hydrogens is 459 g/mol. The summed E-state index contributed by atoms with van der Waals surface area (Å²) in [5, 5.41) is 10.7. The number of thioether (sulfide) groups is 1. The molecule has 0 atom stereocenters. The standard InChI is InChI=1S/C16H9IN2O3S2/c17-13-4-2-1-3-10(13)9-14-15(20)18(16(23)24-14)11-5-7-12(8-6-11)19(21)22/h1-9H. The van der Waals surface area contributed by atoms with E-state index in [1.807, 2.05) is 30.3 Å². The number of hydrogen-bond acceptors (Lipinski definition) is 5. The number of thiocarbonyl (C=S) groups is 1. The van der Waals surface area contributed by atoms with Crippen molar-refractivity contribution in [2.24, 2.45) is 0 Å². The van der Waals surface area contributed by atoms with Crippen molar-refractivity contribution < 1.29 is 9.72 Å². The molecule has 1 aliphatic rings. The Morgan fingerprint density at radius 3 is 2.46 bits per heavy atom. The van der Waals surface area contributed by atoms with E-state index in [2.05, 4.69) is 22.6 Å². The lowest BCUT2D eigenvalue weighted by Gasteiger charge is -2.13. The number of non-ortho nitro benzene ring substituents is 1. The number of benzene rings is 2. The van der Waals surface area contributed by atoms with Crippen molar-refractivity contribution in [2.75, 3.05) is 4.90 Å². The van der Waals surface area contributed by atoms with E-state index >= 15 is 0 Å². The Hall–Kier alpha value is -1.78. The summed E-state index contributed by atoms with van der Waals surface area (Å²) in [4.78, 5) is 24.8. The van der Waals surface area contributed by atoms with Gasteiger partial charge in [-0.15, -0.1) is 0 Å². The first-order chi connectivity index (χ1) is 11.5. The lowest BCUT2D eigenvalue weighted by atomic mass is 10.2. The molecule has 2 aromatic carbocycles. The molecule has 0 bridgehead atoms. The van der Waals surface area contributed by atoms with Gasteiger partial charge in [0, 0.05) is 15.7 Å². The molecule has 1 fully saturated rings. The Balaban J connectivity index is 1.92. The van der Waals surface area contributed by atoms with Crippen molar-refractivity contribution in [1.82, 2.24) is 0 Å². The summed E-state index contributed by atoms with van der Waals surface area (Å²) in [5.74, 6) is -0.224. The summed E-state index contributed by atoms with van der Waals surface area (Å²) >= 11 is 8.73. The number of nitrogens with zero attached hydrogens (tertiary/aromatic N) is 2. The molecule has 1 amide bonds. The second kappa shape index (κ2) is 6.99. The largest absolute Gasteiger partial charge is 0.270 e. The van der Waals surface area contributed by atoms with Crippen LogP contribution in [0.15, 0.2) is 53.4 Å². The zero-order valence-corrected chi connectivity index (χ0v) is 15.8. The van der Waals surface area contributed by atoms with Gasteiger partial charge >= 0.3 is 0 Å². The van der Waals surface area contributed by atoms with Crippen LogP contribution in [0.5, 0.6) is 0 Å². The number of carbonyl (C=O) groups is 1. The Morgan fingerprint density at radius 2 is 1.83 bits per heavy atom. The third kappa shape index (κ3) is 3.35. The van der Waals surface area contributed by atoms with Crippen molar-refractivity contribution >= 4 is 74.2 Å². The molecule has 0 unspecified atom stereocenters. The van der Waals surface area contributed by atoms with E-state index < -0.39 is 4.92 Å². The molecule has 24 heavy (non-hydrogen) atoms. The molecule has 1 aliphatic heterocycles. The van der Waals surface area contributed by atoms with E-state index in [4.69, 9.17) is 12.2 Å². The third-order valence-corrected chi connectivity index (χ3v) is 5.59. The van der Waals surface area contributed by atoms with Gasteiger partial charge in [0.15, 0.2) is 4.32 Å². The van der Waals surface area contributed by atoms with Gasteiger partial charge in [-0.2, -0.15) is 0 Å². The summed E-state index contributed by atoms with van der Waals surface area (Å²) in [6.45, 7) is 0. The highest BCUT2D eigenvalue weighted by atomic mass is 127. The molecular formula is C16H9IN2O3S2. The zero-order chi connectivity index (χ0) is 17.3. The molecule has 1 heterocycles. The Kier molecular flexibility index (Phi) is 4.97. The minimum atomic E-state index is -0.481. The lowest BCUT2D eigenvalue weighted by molar-refractivity contribution is -0.384. The lowest BCUT2D eigenvalue weighted by Crippen LogP contribution is -2.27. The summed E-state index contributed by atoms with van der Waals surface area (Å²) in [5.41, 5.74) is 1.44. The first kappa shape index (κ1) is 17.1. The average molecular weight is 468 g/mol. The summed E-state index contributed by atoms with van der Waals surface area (Å²) in [7, 11) is 0. The van der Waals surface area contributed by atoms with Crippen molar-refractivity contribution in [1.29, 1.82) is 0 Å². The predicted molar refractivity (Wildman–Crippen MR) is 108 cm³/mol. The molecule has 1 saturated heterocycles. The second-order valence-electron chi connectivity index (χ2n) is 4.81. The molecule has 120 valence electrons. The minimum absolute atomic E-state index is 0.0291. The van der Waals surface area contributed by atoms with Crippen LogP contribution in [0, 0.1) is 13.7 Å². The summed E-state index contributed by atoms with van der Waals surface area (Å²) < 4.78 is 1.45. The van der Waals surface area contributed by atoms with Gasteiger partial charge in [0.05, 0.1) is 15.5 Å². The fraction of sp³-hybridized carbons (Fsp3) is 0. The van der Waals surface area contributed by atoms with Crippen LogP contribution in [-0.2, 0) is 4.79 Å². The maximum absolute atomic E-state index is 12.7. The second-order valence-corrected chi connectivity index (χ2v) is 7.65. The number of nitro benzene ring substituents is 1. The van der Waals surface area contributed by atoms with E-state index in [0.29, 0.717) is 14.9 Å². The number of nitro groups is 1. The quantitative estimate of drug-likeness (QED) is 0.217. The summed E-state index contributed by atoms with van der Waals surface area (Å²) in [6, 6.07) is 13.5. The fourth-order valence-corrected chi connectivity index (χ4v) is 3.98. The van der Waals surface area contributed by atoms with Gasteiger partial charge in [-0.05, 0) is 52.4 Å². The first-order valence-electron chi connectivity index (χ1n) is 6.74. The fourth-order valence-electron chi connectivity index (χ4n) is 2.15. The third-order valence-electron chi connectivity index (χ3n) is 3.30. The SMILES string of the molecule is O=C1C(=Cc2ccccc2I)SC(=S)N1c1ccc([N+](=O)[O-])cc1. The van der Waals surface area contributed by atoms with E-state index in [1.54, 1.807) is 0 Å². The molecule has 5 nitrogen and oxygen atoms in total. The van der Waals surface area contributed by atoms with Crippen LogP contribution in [0.2, 0.25) is 0 Å². The zero-order valence-electron chi connectivity index (χ0n) is 12.0. The molecule has 2 aromatic rings. The highest BCUT2D eigenvalue weighted by Gasteiger charge is 2.33. The molecule has 0 radical (unpaired) electrons. The average Bonchev–Trinajstić information content (AvgIpc) is 2.84. The number of carbonyl (C=O) groups excluding carboxylic acids is 1. The highest BCUT2D eigenvalue weighted by Crippen LogP contribution is 2.36. The number of halogens is 1.